The van der Waals surface area contributed by atoms with E-state index in [9.17, 15) is 0 Å². The summed E-state index contributed by atoms with van der Waals surface area (Å²) < 4.78 is 1.12. The van der Waals surface area contributed by atoms with Gasteiger partial charge in [-0.3, -0.25) is 0 Å². The SMILES string of the molecule is [CH-]=NCc1ccc(Br)c(C)c1. The number of hydrogen-bond acceptors (Lipinski definition) is 1. The molecule has 2 heteroatoms. The van der Waals surface area contributed by atoms with Crippen molar-refractivity contribution < 1.29 is 0 Å². The fourth-order valence-corrected chi connectivity index (χ4v) is 1.16. The molecular formula is C9H9BrN-. The Labute approximate surface area is 75.3 Å². The Bertz CT molecular complexity index is 268. The Balaban J connectivity index is 2.95. The molecule has 1 rings (SSSR count). The maximum Gasteiger partial charge on any atom is 0.0255 e. The molecule has 0 amide bonds. The third-order valence-electron chi connectivity index (χ3n) is 1.50. The molecule has 0 fully saturated rings. The summed E-state index contributed by atoms with van der Waals surface area (Å²) in [6.07, 6.45) is 0. The first-order valence-corrected chi connectivity index (χ1v) is 4.15. The van der Waals surface area contributed by atoms with Gasteiger partial charge < -0.3 is 11.7 Å². The summed E-state index contributed by atoms with van der Waals surface area (Å²) in [6, 6.07) is 6.09. The summed E-state index contributed by atoms with van der Waals surface area (Å²) in [5, 5.41) is 0. The molecule has 0 saturated carbocycles. The van der Waals surface area contributed by atoms with E-state index in [-0.39, 0.29) is 0 Å². The predicted molar refractivity (Wildman–Crippen MR) is 51.1 cm³/mol. The van der Waals surface area contributed by atoms with Gasteiger partial charge in [0, 0.05) is 11.0 Å². The van der Waals surface area contributed by atoms with Crippen LogP contribution in [0.4, 0.5) is 0 Å². The van der Waals surface area contributed by atoms with E-state index < -0.39 is 0 Å². The second-order valence-electron chi connectivity index (χ2n) is 2.42. The first kappa shape index (κ1) is 8.47. The number of aliphatic imine (C=N–C) groups is 1. The van der Waals surface area contributed by atoms with Gasteiger partial charge in [-0.2, -0.15) is 0 Å². The number of hydrogen-bond donors (Lipinski definition) is 0. The zero-order chi connectivity index (χ0) is 8.27. The third-order valence-corrected chi connectivity index (χ3v) is 2.39. The standard InChI is InChI=1S/C9H9BrN/c1-7-5-8(6-11-2)3-4-9(7)10/h2-5H,6H2,1H3/q-1. The highest BCUT2D eigenvalue weighted by Crippen LogP contribution is 2.17. The zero-order valence-corrected chi connectivity index (χ0v) is 7.93. The van der Waals surface area contributed by atoms with Crippen LogP contribution in [0.3, 0.4) is 0 Å². The van der Waals surface area contributed by atoms with Crippen LogP contribution < -0.4 is 0 Å². The minimum atomic E-state index is 0.591. The summed E-state index contributed by atoms with van der Waals surface area (Å²) in [5.41, 5.74) is 2.36. The van der Waals surface area contributed by atoms with Crippen LogP contribution in [0.1, 0.15) is 11.1 Å². The lowest BCUT2D eigenvalue weighted by Crippen LogP contribution is -1.82. The number of benzene rings is 1. The largest absolute Gasteiger partial charge is 0.502 e. The molecule has 0 aliphatic rings. The van der Waals surface area contributed by atoms with Gasteiger partial charge in [0.15, 0.2) is 0 Å². The van der Waals surface area contributed by atoms with Gasteiger partial charge in [-0.15, -0.1) is 0 Å². The molecule has 1 nitrogen and oxygen atoms in total. The molecule has 1 aromatic rings. The van der Waals surface area contributed by atoms with Gasteiger partial charge in [0.2, 0.25) is 0 Å². The average Bonchev–Trinajstić information content (AvgIpc) is 1.98. The minimum absolute atomic E-state index is 0.591. The average molecular weight is 211 g/mol. The van der Waals surface area contributed by atoms with Crippen LogP contribution in [0, 0.1) is 6.92 Å². The lowest BCUT2D eigenvalue weighted by molar-refractivity contribution is 1.08. The topological polar surface area (TPSA) is 12.4 Å². The maximum absolute atomic E-state index is 5.06. The van der Waals surface area contributed by atoms with Crippen molar-refractivity contribution in [1.29, 1.82) is 0 Å². The van der Waals surface area contributed by atoms with E-state index in [1.54, 1.807) is 0 Å². The second-order valence-corrected chi connectivity index (χ2v) is 3.28. The molecule has 0 atom stereocenters. The Morgan fingerprint density at radius 2 is 2.27 bits per heavy atom. The van der Waals surface area contributed by atoms with Crippen molar-refractivity contribution in [1.82, 2.24) is 0 Å². The first-order chi connectivity index (χ1) is 5.24. The zero-order valence-electron chi connectivity index (χ0n) is 6.34. The molecular weight excluding hydrogens is 202 g/mol. The van der Waals surface area contributed by atoms with Gasteiger partial charge in [-0.05, 0) is 24.1 Å². The number of nitrogens with zero attached hydrogens (tertiary/aromatic N) is 1. The molecule has 0 N–H and O–H groups in total. The fraction of sp³-hybridized carbons (Fsp3) is 0.222. The van der Waals surface area contributed by atoms with E-state index >= 15 is 0 Å². The van der Waals surface area contributed by atoms with Crippen molar-refractivity contribution in [3.8, 4) is 0 Å². The second kappa shape index (κ2) is 3.67. The number of rotatable bonds is 2. The maximum atomic E-state index is 5.06. The Morgan fingerprint density at radius 1 is 1.55 bits per heavy atom. The van der Waals surface area contributed by atoms with Crippen LogP contribution in [0.2, 0.25) is 0 Å². The minimum Gasteiger partial charge on any atom is -0.502 e. The monoisotopic (exact) mass is 210 g/mol. The highest BCUT2D eigenvalue weighted by Gasteiger charge is 1.93. The molecule has 0 bridgehead atoms. The van der Waals surface area contributed by atoms with Gasteiger partial charge in [0.1, 0.15) is 0 Å². The van der Waals surface area contributed by atoms with Gasteiger partial charge in [0.05, 0.1) is 0 Å². The molecule has 0 aromatic heterocycles. The summed E-state index contributed by atoms with van der Waals surface area (Å²) >= 11 is 3.42. The lowest BCUT2D eigenvalue weighted by atomic mass is 10.1. The van der Waals surface area contributed by atoms with Crippen molar-refractivity contribution in [2.75, 3.05) is 0 Å². The van der Waals surface area contributed by atoms with Crippen molar-refractivity contribution in [3.63, 3.8) is 0 Å². The van der Waals surface area contributed by atoms with Crippen molar-refractivity contribution in [3.05, 3.63) is 33.8 Å². The predicted octanol–water partition coefficient (Wildman–Crippen LogP) is 2.84. The number of aryl methyl sites for hydroxylation is 1. The van der Waals surface area contributed by atoms with E-state index in [2.05, 4.69) is 27.0 Å². The number of halogens is 1. The molecule has 0 aliphatic heterocycles. The van der Waals surface area contributed by atoms with Crippen molar-refractivity contribution in [2.45, 2.75) is 13.5 Å². The smallest absolute Gasteiger partial charge is 0.0255 e. The summed E-state index contributed by atoms with van der Waals surface area (Å²) in [4.78, 5) is 3.56. The Kier molecular flexibility index (Phi) is 2.83. The van der Waals surface area contributed by atoms with E-state index in [1.807, 2.05) is 19.1 Å². The van der Waals surface area contributed by atoms with E-state index in [0.29, 0.717) is 6.54 Å². The normalized spacial score (nSPS) is 9.64. The van der Waals surface area contributed by atoms with E-state index in [0.717, 1.165) is 10.0 Å². The van der Waals surface area contributed by atoms with Crippen molar-refractivity contribution in [2.24, 2.45) is 4.99 Å². The molecule has 11 heavy (non-hydrogen) atoms. The molecule has 0 saturated heterocycles. The fourth-order valence-electron chi connectivity index (χ4n) is 0.911. The summed E-state index contributed by atoms with van der Waals surface area (Å²) in [5.74, 6) is 0. The highest BCUT2D eigenvalue weighted by molar-refractivity contribution is 9.10. The molecule has 58 valence electrons. The van der Waals surface area contributed by atoms with Gasteiger partial charge in [-0.25, -0.2) is 0 Å². The summed E-state index contributed by atoms with van der Waals surface area (Å²) in [6.45, 7) is 7.70. The highest BCUT2D eigenvalue weighted by atomic mass is 79.9. The van der Waals surface area contributed by atoms with Crippen LogP contribution in [0.15, 0.2) is 27.7 Å². The van der Waals surface area contributed by atoms with Crippen LogP contribution >= 0.6 is 15.9 Å². The quantitative estimate of drug-likeness (QED) is 0.526. The Hall–Kier alpha value is -0.630. The first-order valence-electron chi connectivity index (χ1n) is 3.35. The molecule has 0 radical (unpaired) electrons. The van der Waals surface area contributed by atoms with E-state index in [4.69, 9.17) is 6.72 Å². The van der Waals surface area contributed by atoms with Crippen LogP contribution in [-0.2, 0) is 6.54 Å². The van der Waals surface area contributed by atoms with Crippen LogP contribution in [0.5, 0.6) is 0 Å². The molecule has 0 unspecified atom stereocenters. The molecule has 0 spiro atoms. The van der Waals surface area contributed by atoms with Crippen LogP contribution in [0.25, 0.3) is 0 Å². The summed E-state index contributed by atoms with van der Waals surface area (Å²) in [7, 11) is 0. The van der Waals surface area contributed by atoms with Gasteiger partial charge >= 0.3 is 0 Å². The van der Waals surface area contributed by atoms with E-state index in [1.165, 1.54) is 5.56 Å². The van der Waals surface area contributed by atoms with Crippen LogP contribution in [-0.4, -0.2) is 6.72 Å². The lowest BCUT2D eigenvalue weighted by Gasteiger charge is -2.02. The van der Waals surface area contributed by atoms with Gasteiger partial charge in [0.25, 0.3) is 0 Å². The molecule has 0 heterocycles. The Morgan fingerprint density at radius 3 is 2.82 bits per heavy atom. The van der Waals surface area contributed by atoms with Gasteiger partial charge in [-0.1, -0.05) is 28.1 Å². The third kappa shape index (κ3) is 2.15. The van der Waals surface area contributed by atoms with Crippen molar-refractivity contribution >= 4 is 22.6 Å². The molecule has 1 aromatic carbocycles. The molecule has 0 aliphatic carbocycles.